The first-order valence-electron chi connectivity index (χ1n) is 13.4. The molecular weight excluding hydrogens is 400 g/mol. The first-order chi connectivity index (χ1) is 15.2. The fourth-order valence-electron chi connectivity index (χ4n) is 9.20. The van der Waals surface area contributed by atoms with Crippen LogP contribution in [0.2, 0.25) is 0 Å². The third-order valence-corrected chi connectivity index (χ3v) is 10.8. The standard InChI is InChI=1S/C28H44O4/c1-6-19-23-16-18(29)12-14-28(23,5)22-13-15-27(4)20(9-10-21(27)25(22)26(19)31)17(3)8-11-24(30)32-7-2/h17,19-23,25H,6-16H2,1-5H3/t17-,19?,20-,21+,22+,23?,25+,27-,28-/m1/s1. The molecular formula is C28H44O4. The first kappa shape index (κ1) is 24.0. The molecule has 4 fully saturated rings. The molecule has 0 aromatic rings. The number of carbonyl (C=O) groups excluding carboxylic acids is 3. The summed E-state index contributed by atoms with van der Waals surface area (Å²) in [7, 11) is 0. The molecule has 0 aliphatic heterocycles. The van der Waals surface area contributed by atoms with Crippen molar-refractivity contribution in [2.75, 3.05) is 6.61 Å². The van der Waals surface area contributed by atoms with Gasteiger partial charge in [-0.2, -0.15) is 0 Å². The number of hydrogen-bond donors (Lipinski definition) is 0. The van der Waals surface area contributed by atoms with Crippen molar-refractivity contribution in [3.63, 3.8) is 0 Å². The summed E-state index contributed by atoms with van der Waals surface area (Å²) in [5.41, 5.74) is 0.332. The minimum atomic E-state index is -0.0817. The number of hydrogen-bond acceptors (Lipinski definition) is 4. The second-order valence-electron chi connectivity index (χ2n) is 12.1. The Morgan fingerprint density at radius 1 is 1.03 bits per heavy atom. The number of Topliss-reactive ketones (excluding diaryl/α,β-unsaturated/α-hetero) is 2. The molecule has 4 aliphatic rings. The normalized spacial score (nSPS) is 44.4. The highest BCUT2D eigenvalue weighted by Crippen LogP contribution is 2.68. The molecule has 0 saturated heterocycles. The van der Waals surface area contributed by atoms with Gasteiger partial charge in [0.25, 0.3) is 0 Å². The molecule has 0 bridgehead atoms. The molecule has 4 saturated carbocycles. The van der Waals surface area contributed by atoms with E-state index in [4.69, 9.17) is 4.74 Å². The largest absolute Gasteiger partial charge is 0.466 e. The second kappa shape index (κ2) is 8.87. The number of fused-ring (bicyclic) bond motifs is 5. The molecule has 0 aromatic heterocycles. The van der Waals surface area contributed by atoms with Gasteiger partial charge in [-0.25, -0.2) is 0 Å². The van der Waals surface area contributed by atoms with E-state index in [1.165, 1.54) is 12.8 Å². The quantitative estimate of drug-likeness (QED) is 0.471. The summed E-state index contributed by atoms with van der Waals surface area (Å²) in [4.78, 5) is 38.2. The Balaban J connectivity index is 1.57. The number of esters is 1. The molecule has 32 heavy (non-hydrogen) atoms. The third kappa shape index (κ3) is 3.68. The zero-order valence-corrected chi connectivity index (χ0v) is 21.0. The van der Waals surface area contributed by atoms with E-state index in [2.05, 4.69) is 27.7 Å². The van der Waals surface area contributed by atoms with Gasteiger partial charge in [-0.3, -0.25) is 14.4 Å². The van der Waals surface area contributed by atoms with Gasteiger partial charge in [-0.05, 0) is 92.3 Å². The zero-order chi connectivity index (χ0) is 23.3. The van der Waals surface area contributed by atoms with Gasteiger partial charge in [0.15, 0.2) is 0 Å². The van der Waals surface area contributed by atoms with Gasteiger partial charge < -0.3 is 4.74 Å². The monoisotopic (exact) mass is 444 g/mol. The SMILES string of the molecule is CCOC(=O)CC[C@@H](C)[C@H]1CC[C@H]2[C@@H]3C(=O)C(CC)C4CC(=O)CC[C@]4(C)[C@H]3CC[C@]12C. The highest BCUT2D eigenvalue weighted by molar-refractivity contribution is 5.88. The van der Waals surface area contributed by atoms with Crippen molar-refractivity contribution in [1.82, 2.24) is 0 Å². The van der Waals surface area contributed by atoms with E-state index in [1.54, 1.807) is 0 Å². The van der Waals surface area contributed by atoms with Gasteiger partial charge >= 0.3 is 5.97 Å². The van der Waals surface area contributed by atoms with Crippen molar-refractivity contribution in [2.45, 2.75) is 98.8 Å². The van der Waals surface area contributed by atoms with Crippen molar-refractivity contribution in [3.8, 4) is 0 Å². The predicted octanol–water partition coefficient (Wildman–Crippen LogP) is 6.01. The summed E-state index contributed by atoms with van der Waals surface area (Å²) < 4.78 is 5.16. The van der Waals surface area contributed by atoms with Crippen LogP contribution in [0.15, 0.2) is 0 Å². The predicted molar refractivity (Wildman–Crippen MR) is 125 cm³/mol. The first-order valence-corrected chi connectivity index (χ1v) is 13.4. The summed E-state index contributed by atoms with van der Waals surface area (Å²) in [6.07, 6.45) is 9.20. The number of ether oxygens (including phenoxy) is 1. The van der Waals surface area contributed by atoms with Crippen LogP contribution in [-0.2, 0) is 19.1 Å². The lowest BCUT2D eigenvalue weighted by molar-refractivity contribution is -0.169. The summed E-state index contributed by atoms with van der Waals surface area (Å²) in [6, 6.07) is 0. The van der Waals surface area contributed by atoms with E-state index in [1.807, 2.05) is 6.92 Å². The molecule has 0 heterocycles. The van der Waals surface area contributed by atoms with Crippen LogP contribution in [0.25, 0.3) is 0 Å². The van der Waals surface area contributed by atoms with Gasteiger partial charge in [0.1, 0.15) is 11.6 Å². The van der Waals surface area contributed by atoms with Crippen LogP contribution in [0.4, 0.5) is 0 Å². The molecule has 0 spiro atoms. The summed E-state index contributed by atoms with van der Waals surface area (Å²) in [5, 5.41) is 0. The zero-order valence-electron chi connectivity index (χ0n) is 21.0. The van der Waals surface area contributed by atoms with E-state index in [0.29, 0.717) is 61.1 Å². The summed E-state index contributed by atoms with van der Waals surface area (Å²) in [6.45, 7) is 11.7. The van der Waals surface area contributed by atoms with E-state index in [0.717, 1.165) is 32.1 Å². The van der Waals surface area contributed by atoms with E-state index >= 15 is 0 Å². The second-order valence-corrected chi connectivity index (χ2v) is 12.1. The highest BCUT2D eigenvalue weighted by Gasteiger charge is 2.65. The average Bonchev–Trinajstić information content (AvgIpc) is 3.11. The Morgan fingerprint density at radius 3 is 2.44 bits per heavy atom. The Kier molecular flexibility index (Phi) is 6.64. The van der Waals surface area contributed by atoms with Crippen molar-refractivity contribution in [1.29, 1.82) is 0 Å². The van der Waals surface area contributed by atoms with Gasteiger partial charge in [-0.1, -0.05) is 27.7 Å². The molecule has 180 valence electrons. The van der Waals surface area contributed by atoms with Crippen LogP contribution in [0.5, 0.6) is 0 Å². The molecule has 4 nitrogen and oxygen atoms in total. The average molecular weight is 445 g/mol. The number of carbonyl (C=O) groups is 3. The highest BCUT2D eigenvalue weighted by atomic mass is 16.5. The van der Waals surface area contributed by atoms with E-state index in [-0.39, 0.29) is 34.6 Å². The van der Waals surface area contributed by atoms with E-state index < -0.39 is 0 Å². The lowest BCUT2D eigenvalue weighted by Gasteiger charge is -2.61. The summed E-state index contributed by atoms with van der Waals surface area (Å²) in [5.74, 6) is 3.24. The maximum Gasteiger partial charge on any atom is 0.305 e. The Morgan fingerprint density at radius 2 is 1.75 bits per heavy atom. The minimum Gasteiger partial charge on any atom is -0.466 e. The summed E-state index contributed by atoms with van der Waals surface area (Å²) >= 11 is 0. The van der Waals surface area contributed by atoms with Crippen LogP contribution >= 0.6 is 0 Å². The van der Waals surface area contributed by atoms with Gasteiger partial charge in [0, 0.05) is 31.1 Å². The molecule has 2 unspecified atom stereocenters. The number of rotatable bonds is 6. The smallest absolute Gasteiger partial charge is 0.305 e. The van der Waals surface area contributed by atoms with Crippen molar-refractivity contribution < 1.29 is 19.1 Å². The maximum atomic E-state index is 14.0. The molecule has 4 aliphatic carbocycles. The molecule has 4 rings (SSSR count). The lowest BCUT2D eigenvalue weighted by Crippen LogP contribution is -2.60. The fraction of sp³-hybridized carbons (Fsp3) is 0.893. The van der Waals surface area contributed by atoms with Crippen molar-refractivity contribution in [2.24, 2.45) is 52.3 Å². The van der Waals surface area contributed by atoms with Crippen molar-refractivity contribution >= 4 is 17.5 Å². The van der Waals surface area contributed by atoms with E-state index in [9.17, 15) is 14.4 Å². The van der Waals surface area contributed by atoms with Crippen LogP contribution in [0, 0.1) is 52.3 Å². The van der Waals surface area contributed by atoms with Crippen LogP contribution in [-0.4, -0.2) is 24.1 Å². The lowest BCUT2D eigenvalue weighted by atomic mass is 9.42. The van der Waals surface area contributed by atoms with Crippen LogP contribution in [0.3, 0.4) is 0 Å². The number of ketones is 2. The van der Waals surface area contributed by atoms with Crippen LogP contribution < -0.4 is 0 Å². The van der Waals surface area contributed by atoms with Crippen LogP contribution in [0.1, 0.15) is 98.8 Å². The van der Waals surface area contributed by atoms with Gasteiger partial charge in [0.2, 0.25) is 0 Å². The molecule has 0 aromatic carbocycles. The van der Waals surface area contributed by atoms with Crippen molar-refractivity contribution in [3.05, 3.63) is 0 Å². The molecule has 0 amide bonds. The van der Waals surface area contributed by atoms with Gasteiger partial charge in [0.05, 0.1) is 6.61 Å². The van der Waals surface area contributed by atoms with Gasteiger partial charge in [-0.15, -0.1) is 0 Å². The molecule has 0 radical (unpaired) electrons. The topological polar surface area (TPSA) is 60.4 Å². The molecule has 4 heteroatoms. The Bertz CT molecular complexity index is 759. The molecule has 0 N–H and O–H groups in total. The Labute approximate surface area is 194 Å². The fourth-order valence-corrected chi connectivity index (χ4v) is 9.20. The maximum absolute atomic E-state index is 14.0. The third-order valence-electron chi connectivity index (χ3n) is 10.8. The minimum absolute atomic E-state index is 0.0631. The molecule has 9 atom stereocenters. The Hall–Kier alpha value is -1.19.